The van der Waals surface area contributed by atoms with Crippen LogP contribution in [0.25, 0.3) is 5.69 Å². The van der Waals surface area contributed by atoms with E-state index in [2.05, 4.69) is 41.6 Å². The van der Waals surface area contributed by atoms with Crippen LogP contribution in [0, 0.1) is 5.41 Å². The summed E-state index contributed by atoms with van der Waals surface area (Å²) in [5.41, 5.74) is 1.14. The van der Waals surface area contributed by atoms with Gasteiger partial charge in [-0.25, -0.2) is 0 Å². The van der Waals surface area contributed by atoms with Gasteiger partial charge in [-0.15, -0.1) is 0 Å². The first kappa shape index (κ1) is 11.6. The number of para-hydroxylation sites is 1. The molecule has 5 heteroatoms. The number of anilines is 1. The molecule has 1 heterocycles. The van der Waals surface area contributed by atoms with Crippen molar-refractivity contribution in [2.45, 2.75) is 20.8 Å². The van der Waals surface area contributed by atoms with E-state index in [9.17, 15) is 0 Å². The molecule has 0 amide bonds. The first-order valence-corrected chi connectivity index (χ1v) is 5.64. The summed E-state index contributed by atoms with van der Waals surface area (Å²) in [6.45, 7) is 7.31. The summed E-state index contributed by atoms with van der Waals surface area (Å²) in [6, 6.07) is 9.84. The minimum Gasteiger partial charge on any atom is -0.352 e. The number of rotatable bonds is 3. The minimum atomic E-state index is 0.188. The number of benzene rings is 1. The molecule has 2 rings (SSSR count). The van der Waals surface area contributed by atoms with Crippen molar-refractivity contribution in [2.75, 3.05) is 11.9 Å². The lowest BCUT2D eigenvalue weighted by atomic mass is 9.97. The van der Waals surface area contributed by atoms with Gasteiger partial charge in [0, 0.05) is 6.54 Å². The Morgan fingerprint density at radius 1 is 1.18 bits per heavy atom. The Balaban J connectivity index is 2.18. The predicted octanol–water partition coefficient (Wildman–Crippen LogP) is 2.12. The molecule has 0 aliphatic heterocycles. The van der Waals surface area contributed by atoms with Gasteiger partial charge in [-0.05, 0) is 28.0 Å². The Kier molecular flexibility index (Phi) is 3.08. The second-order valence-corrected chi connectivity index (χ2v) is 5.16. The van der Waals surface area contributed by atoms with E-state index in [-0.39, 0.29) is 5.41 Å². The van der Waals surface area contributed by atoms with Gasteiger partial charge in [-0.1, -0.05) is 44.1 Å². The van der Waals surface area contributed by atoms with Gasteiger partial charge in [0.2, 0.25) is 5.95 Å². The summed E-state index contributed by atoms with van der Waals surface area (Å²) < 4.78 is 1.70. The Labute approximate surface area is 101 Å². The molecule has 90 valence electrons. The molecule has 2 aromatic rings. The summed E-state index contributed by atoms with van der Waals surface area (Å²) in [4.78, 5) is 0. The van der Waals surface area contributed by atoms with Crippen LogP contribution in [0.15, 0.2) is 30.3 Å². The number of hydrogen-bond donors (Lipinski definition) is 1. The molecule has 0 fully saturated rings. The number of tetrazole rings is 1. The average molecular weight is 231 g/mol. The first-order chi connectivity index (χ1) is 8.06. The normalized spacial score (nSPS) is 11.5. The third-order valence-corrected chi connectivity index (χ3v) is 2.25. The van der Waals surface area contributed by atoms with Gasteiger partial charge in [0.05, 0.1) is 5.69 Å². The first-order valence-electron chi connectivity index (χ1n) is 5.64. The van der Waals surface area contributed by atoms with Crippen molar-refractivity contribution >= 4 is 5.95 Å². The van der Waals surface area contributed by atoms with E-state index in [0.717, 1.165) is 12.2 Å². The van der Waals surface area contributed by atoms with Gasteiger partial charge in [0.1, 0.15) is 0 Å². The largest absolute Gasteiger partial charge is 0.352 e. The smallest absolute Gasteiger partial charge is 0.247 e. The molecular formula is C12H17N5. The van der Waals surface area contributed by atoms with Crippen molar-refractivity contribution in [3.63, 3.8) is 0 Å². The van der Waals surface area contributed by atoms with E-state index in [1.165, 1.54) is 0 Å². The monoisotopic (exact) mass is 231 g/mol. The summed E-state index contributed by atoms with van der Waals surface area (Å²) in [7, 11) is 0. The van der Waals surface area contributed by atoms with Crippen molar-refractivity contribution in [1.29, 1.82) is 0 Å². The van der Waals surface area contributed by atoms with E-state index >= 15 is 0 Å². The summed E-state index contributed by atoms with van der Waals surface area (Å²) in [6.07, 6.45) is 0. The van der Waals surface area contributed by atoms with Crippen LogP contribution in [0.5, 0.6) is 0 Å². The highest BCUT2D eigenvalue weighted by Gasteiger charge is 2.13. The van der Waals surface area contributed by atoms with E-state index in [1.807, 2.05) is 30.3 Å². The molecule has 0 aliphatic rings. The highest BCUT2D eigenvalue weighted by Crippen LogP contribution is 2.15. The van der Waals surface area contributed by atoms with Crippen LogP contribution in [0.1, 0.15) is 20.8 Å². The number of aromatic nitrogens is 4. The van der Waals surface area contributed by atoms with Crippen molar-refractivity contribution in [3.05, 3.63) is 30.3 Å². The van der Waals surface area contributed by atoms with Crippen molar-refractivity contribution in [2.24, 2.45) is 5.41 Å². The average Bonchev–Trinajstić information content (AvgIpc) is 2.75. The molecule has 5 nitrogen and oxygen atoms in total. The fraction of sp³-hybridized carbons (Fsp3) is 0.417. The summed E-state index contributed by atoms with van der Waals surface area (Å²) >= 11 is 0. The summed E-state index contributed by atoms with van der Waals surface area (Å²) in [5, 5.41) is 14.9. The van der Waals surface area contributed by atoms with E-state index < -0.39 is 0 Å². The van der Waals surface area contributed by atoms with E-state index in [0.29, 0.717) is 5.95 Å². The number of nitrogens with zero attached hydrogens (tertiary/aromatic N) is 4. The van der Waals surface area contributed by atoms with Gasteiger partial charge in [-0.2, -0.15) is 4.68 Å². The zero-order valence-corrected chi connectivity index (χ0v) is 10.4. The molecule has 0 spiro atoms. The van der Waals surface area contributed by atoms with Gasteiger partial charge < -0.3 is 5.32 Å². The third-order valence-electron chi connectivity index (χ3n) is 2.25. The zero-order valence-electron chi connectivity index (χ0n) is 10.4. The zero-order chi connectivity index (χ0) is 12.3. The van der Waals surface area contributed by atoms with Crippen LogP contribution in [0.4, 0.5) is 5.95 Å². The third kappa shape index (κ3) is 3.03. The topological polar surface area (TPSA) is 55.6 Å². The van der Waals surface area contributed by atoms with Gasteiger partial charge in [-0.3, -0.25) is 0 Å². The van der Waals surface area contributed by atoms with Crippen molar-refractivity contribution in [1.82, 2.24) is 20.2 Å². The quantitative estimate of drug-likeness (QED) is 0.879. The SMILES string of the molecule is CC(C)(C)CNc1nnnn1-c1ccccc1. The number of hydrogen-bond acceptors (Lipinski definition) is 4. The Morgan fingerprint density at radius 2 is 1.88 bits per heavy atom. The molecular weight excluding hydrogens is 214 g/mol. The lowest BCUT2D eigenvalue weighted by Crippen LogP contribution is -2.21. The fourth-order valence-corrected chi connectivity index (χ4v) is 1.38. The lowest BCUT2D eigenvalue weighted by molar-refractivity contribution is 0.441. The molecule has 0 bridgehead atoms. The molecule has 0 saturated carbocycles. The predicted molar refractivity (Wildman–Crippen MR) is 67.1 cm³/mol. The Morgan fingerprint density at radius 3 is 2.53 bits per heavy atom. The summed E-state index contributed by atoms with van der Waals surface area (Å²) in [5.74, 6) is 0.672. The number of nitrogens with one attached hydrogen (secondary N) is 1. The highest BCUT2D eigenvalue weighted by atomic mass is 15.6. The second-order valence-electron chi connectivity index (χ2n) is 5.16. The van der Waals surface area contributed by atoms with Gasteiger partial charge in [0.15, 0.2) is 0 Å². The van der Waals surface area contributed by atoms with Crippen molar-refractivity contribution in [3.8, 4) is 5.69 Å². The van der Waals surface area contributed by atoms with Gasteiger partial charge >= 0.3 is 0 Å². The molecule has 0 radical (unpaired) electrons. The molecule has 0 atom stereocenters. The van der Waals surface area contributed by atoms with Crippen LogP contribution in [0.2, 0.25) is 0 Å². The van der Waals surface area contributed by atoms with Crippen LogP contribution < -0.4 is 5.32 Å². The Bertz CT molecular complexity index is 469. The Hall–Kier alpha value is -1.91. The van der Waals surface area contributed by atoms with Crippen LogP contribution in [-0.2, 0) is 0 Å². The highest BCUT2D eigenvalue weighted by molar-refractivity contribution is 5.38. The van der Waals surface area contributed by atoms with Crippen LogP contribution >= 0.6 is 0 Å². The maximum absolute atomic E-state index is 3.99. The van der Waals surface area contributed by atoms with Crippen LogP contribution in [0.3, 0.4) is 0 Å². The lowest BCUT2D eigenvalue weighted by Gasteiger charge is -2.18. The van der Waals surface area contributed by atoms with Crippen LogP contribution in [-0.4, -0.2) is 26.8 Å². The molecule has 1 aromatic heterocycles. The van der Waals surface area contributed by atoms with Gasteiger partial charge in [0.25, 0.3) is 0 Å². The molecule has 1 aromatic carbocycles. The minimum absolute atomic E-state index is 0.188. The molecule has 1 N–H and O–H groups in total. The molecule has 0 saturated heterocycles. The molecule has 0 unspecified atom stereocenters. The second kappa shape index (κ2) is 4.53. The van der Waals surface area contributed by atoms with Crippen molar-refractivity contribution < 1.29 is 0 Å². The standard InChI is InChI=1S/C12H17N5/c1-12(2,3)9-13-11-14-15-16-17(11)10-7-5-4-6-8-10/h4-8H,9H2,1-3H3,(H,13,14,16). The fourth-order valence-electron chi connectivity index (χ4n) is 1.38. The van der Waals surface area contributed by atoms with E-state index in [4.69, 9.17) is 0 Å². The maximum atomic E-state index is 3.99. The maximum Gasteiger partial charge on any atom is 0.247 e. The van der Waals surface area contributed by atoms with E-state index in [1.54, 1.807) is 4.68 Å². The molecule has 0 aliphatic carbocycles. The molecule has 17 heavy (non-hydrogen) atoms.